The largest absolute Gasteiger partial charge is 0.416 e. The Hall–Kier alpha value is -1.47. The van der Waals surface area contributed by atoms with E-state index in [2.05, 4.69) is 0 Å². The first-order valence-electron chi connectivity index (χ1n) is 5.25. The Bertz CT molecular complexity index is 554. The van der Waals surface area contributed by atoms with Crippen molar-refractivity contribution in [3.8, 4) is 0 Å². The van der Waals surface area contributed by atoms with Gasteiger partial charge in [0.15, 0.2) is 5.44 Å². The molecule has 0 bridgehead atoms. The molecule has 102 valence electrons. The SMILES string of the molecule is COC1SC(N)=C(c2cccc(C(F)(F)F)c2)C1=O. The van der Waals surface area contributed by atoms with E-state index in [1.165, 1.54) is 19.2 Å². The standard InChI is InChI=1S/C12H10F3NO2S/c1-18-11-9(17)8(10(16)19-11)6-3-2-4-7(5-6)12(13,14)15/h2-5,11H,16H2,1H3. The van der Waals surface area contributed by atoms with Gasteiger partial charge >= 0.3 is 6.18 Å². The molecule has 7 heteroatoms. The summed E-state index contributed by atoms with van der Waals surface area (Å²) in [5, 5.41) is 0.177. The summed E-state index contributed by atoms with van der Waals surface area (Å²) in [5.74, 6) is -0.413. The van der Waals surface area contributed by atoms with Gasteiger partial charge in [0.2, 0.25) is 5.78 Å². The Kier molecular flexibility index (Phi) is 3.60. The molecule has 0 saturated heterocycles. The number of nitrogens with two attached hydrogens (primary N) is 1. The predicted octanol–water partition coefficient (Wildman–Crippen LogP) is 2.62. The van der Waals surface area contributed by atoms with E-state index < -0.39 is 23.0 Å². The first kappa shape index (κ1) is 14.0. The topological polar surface area (TPSA) is 52.3 Å². The Morgan fingerprint density at radius 2 is 2.05 bits per heavy atom. The molecule has 0 spiro atoms. The molecule has 1 aromatic rings. The van der Waals surface area contributed by atoms with Crippen LogP contribution < -0.4 is 5.73 Å². The summed E-state index contributed by atoms with van der Waals surface area (Å²) in [6.45, 7) is 0. The van der Waals surface area contributed by atoms with Crippen molar-refractivity contribution in [3.05, 3.63) is 40.4 Å². The minimum atomic E-state index is -4.46. The van der Waals surface area contributed by atoms with Crippen molar-refractivity contribution in [2.45, 2.75) is 11.6 Å². The molecule has 1 atom stereocenters. The highest BCUT2D eigenvalue weighted by Gasteiger charge is 2.35. The molecule has 0 amide bonds. The van der Waals surface area contributed by atoms with Gasteiger partial charge in [0.05, 0.1) is 16.2 Å². The molecule has 0 aromatic heterocycles. The number of rotatable bonds is 2. The van der Waals surface area contributed by atoms with Crippen molar-refractivity contribution in [1.82, 2.24) is 0 Å². The van der Waals surface area contributed by atoms with Crippen LogP contribution in [0.5, 0.6) is 0 Å². The van der Waals surface area contributed by atoms with Crippen molar-refractivity contribution in [2.75, 3.05) is 7.11 Å². The summed E-state index contributed by atoms with van der Waals surface area (Å²) in [7, 11) is 1.35. The van der Waals surface area contributed by atoms with E-state index in [1.807, 2.05) is 0 Å². The number of benzene rings is 1. The van der Waals surface area contributed by atoms with E-state index in [1.54, 1.807) is 0 Å². The fourth-order valence-electron chi connectivity index (χ4n) is 1.76. The Morgan fingerprint density at radius 3 is 2.58 bits per heavy atom. The number of hydrogen-bond donors (Lipinski definition) is 1. The van der Waals surface area contributed by atoms with Crippen molar-refractivity contribution in [1.29, 1.82) is 0 Å². The van der Waals surface area contributed by atoms with Gasteiger partial charge in [0, 0.05) is 7.11 Å². The predicted molar refractivity (Wildman–Crippen MR) is 65.9 cm³/mol. The van der Waals surface area contributed by atoms with E-state index in [0.29, 0.717) is 0 Å². The summed E-state index contributed by atoms with van der Waals surface area (Å²) < 4.78 is 42.8. The molecule has 2 N–H and O–H groups in total. The average Bonchev–Trinajstić information content (AvgIpc) is 2.63. The van der Waals surface area contributed by atoms with Gasteiger partial charge in [0.25, 0.3) is 0 Å². The zero-order chi connectivity index (χ0) is 14.2. The summed E-state index contributed by atoms with van der Waals surface area (Å²) in [4.78, 5) is 11.9. The van der Waals surface area contributed by atoms with E-state index in [0.717, 1.165) is 23.9 Å². The van der Waals surface area contributed by atoms with Crippen molar-refractivity contribution < 1.29 is 22.7 Å². The summed E-state index contributed by atoms with van der Waals surface area (Å²) >= 11 is 0.994. The summed E-state index contributed by atoms with van der Waals surface area (Å²) in [6.07, 6.45) is -4.46. The Balaban J connectivity index is 2.43. The minimum Gasteiger partial charge on any atom is -0.393 e. The number of carbonyl (C=O) groups is 1. The third-order valence-corrected chi connectivity index (χ3v) is 3.71. The molecule has 1 aromatic carbocycles. The van der Waals surface area contributed by atoms with E-state index in [9.17, 15) is 18.0 Å². The van der Waals surface area contributed by atoms with Crippen LogP contribution in [0.1, 0.15) is 11.1 Å². The number of halogens is 3. The minimum absolute atomic E-state index is 0.0861. The first-order valence-corrected chi connectivity index (χ1v) is 6.13. The fourth-order valence-corrected chi connectivity index (χ4v) is 2.65. The zero-order valence-electron chi connectivity index (χ0n) is 9.82. The number of Topliss-reactive ketones (excluding diaryl/α,β-unsaturated/α-hetero) is 1. The Labute approximate surface area is 111 Å². The molecule has 0 saturated carbocycles. The lowest BCUT2D eigenvalue weighted by Gasteiger charge is -2.09. The molecule has 19 heavy (non-hydrogen) atoms. The zero-order valence-corrected chi connectivity index (χ0v) is 10.6. The van der Waals surface area contributed by atoms with E-state index in [4.69, 9.17) is 10.5 Å². The monoisotopic (exact) mass is 289 g/mol. The van der Waals surface area contributed by atoms with E-state index in [-0.39, 0.29) is 16.2 Å². The van der Waals surface area contributed by atoms with Crippen LogP contribution in [0.2, 0.25) is 0 Å². The van der Waals surface area contributed by atoms with E-state index >= 15 is 0 Å². The van der Waals surface area contributed by atoms with Gasteiger partial charge in [-0.05, 0) is 17.7 Å². The number of methoxy groups -OCH3 is 1. The molecule has 0 fully saturated rings. The number of thioether (sulfide) groups is 1. The van der Waals surface area contributed by atoms with Crippen LogP contribution in [-0.4, -0.2) is 18.3 Å². The number of carbonyl (C=O) groups excluding carboxylic acids is 1. The molecule has 0 radical (unpaired) electrons. The van der Waals surface area contributed by atoms with Crippen molar-refractivity contribution >= 4 is 23.1 Å². The molecule has 1 unspecified atom stereocenters. The van der Waals surface area contributed by atoms with Crippen LogP contribution in [-0.2, 0) is 15.7 Å². The molecule has 3 nitrogen and oxygen atoms in total. The third kappa shape index (κ3) is 2.62. The molecule has 0 aliphatic carbocycles. The van der Waals surface area contributed by atoms with Gasteiger partial charge in [0.1, 0.15) is 0 Å². The number of ketones is 1. The van der Waals surface area contributed by atoms with Crippen LogP contribution in [0.15, 0.2) is 29.3 Å². The highest BCUT2D eigenvalue weighted by Crippen LogP contribution is 2.39. The van der Waals surface area contributed by atoms with Crippen molar-refractivity contribution in [3.63, 3.8) is 0 Å². The molecule has 2 rings (SSSR count). The maximum absolute atomic E-state index is 12.6. The number of alkyl halides is 3. The average molecular weight is 289 g/mol. The number of hydrogen-bond acceptors (Lipinski definition) is 4. The van der Waals surface area contributed by atoms with Crippen LogP contribution in [0.4, 0.5) is 13.2 Å². The lowest BCUT2D eigenvalue weighted by atomic mass is 10.0. The fraction of sp³-hybridized carbons (Fsp3) is 0.250. The first-order chi connectivity index (χ1) is 8.84. The van der Waals surface area contributed by atoms with Gasteiger partial charge in [-0.15, -0.1) is 0 Å². The second kappa shape index (κ2) is 4.90. The second-order valence-corrected chi connectivity index (χ2v) is 4.97. The molecule has 1 aliphatic heterocycles. The molecular weight excluding hydrogens is 279 g/mol. The normalized spacial score (nSPS) is 20.2. The smallest absolute Gasteiger partial charge is 0.393 e. The van der Waals surface area contributed by atoms with Gasteiger partial charge in [-0.3, -0.25) is 4.79 Å². The highest BCUT2D eigenvalue weighted by molar-refractivity contribution is 8.05. The van der Waals surface area contributed by atoms with Crippen LogP contribution in [0.25, 0.3) is 5.57 Å². The van der Waals surface area contributed by atoms with Gasteiger partial charge in [-0.25, -0.2) is 0 Å². The van der Waals surface area contributed by atoms with Gasteiger partial charge in [-0.2, -0.15) is 13.2 Å². The summed E-state index contributed by atoms with van der Waals surface area (Å²) in [5.41, 5.74) is 4.33. The number of ether oxygens (including phenoxy) is 1. The van der Waals surface area contributed by atoms with Crippen molar-refractivity contribution in [2.24, 2.45) is 5.73 Å². The van der Waals surface area contributed by atoms with Gasteiger partial charge < -0.3 is 10.5 Å². The molecule has 1 aliphatic rings. The highest BCUT2D eigenvalue weighted by atomic mass is 32.2. The summed E-state index contributed by atoms with van der Waals surface area (Å²) in [6, 6.07) is 4.53. The van der Waals surface area contributed by atoms with Crippen LogP contribution >= 0.6 is 11.8 Å². The third-order valence-electron chi connectivity index (χ3n) is 2.63. The maximum Gasteiger partial charge on any atom is 0.416 e. The lowest BCUT2D eigenvalue weighted by molar-refractivity contribution is -0.137. The molecular formula is C12H10F3NO2S. The van der Waals surface area contributed by atoms with Crippen LogP contribution in [0.3, 0.4) is 0 Å². The quantitative estimate of drug-likeness (QED) is 0.909. The second-order valence-electron chi connectivity index (χ2n) is 3.87. The Morgan fingerprint density at radius 1 is 1.37 bits per heavy atom. The van der Waals surface area contributed by atoms with Crippen LogP contribution in [0, 0.1) is 0 Å². The molecule has 1 heterocycles. The van der Waals surface area contributed by atoms with Gasteiger partial charge in [-0.1, -0.05) is 23.9 Å². The maximum atomic E-state index is 12.6. The lowest BCUT2D eigenvalue weighted by Crippen LogP contribution is -2.15.